The van der Waals surface area contributed by atoms with Crippen LogP contribution in [0.5, 0.6) is 0 Å². The lowest BCUT2D eigenvalue weighted by molar-refractivity contribution is 0.669. The molecule has 6 heteroatoms. The van der Waals surface area contributed by atoms with Gasteiger partial charge in [-0.3, -0.25) is 0 Å². The van der Waals surface area contributed by atoms with Gasteiger partial charge in [-0.2, -0.15) is 0 Å². The van der Waals surface area contributed by atoms with Crippen LogP contribution in [-0.2, 0) is 0 Å². The van der Waals surface area contributed by atoms with Crippen molar-refractivity contribution in [3.8, 4) is 22.5 Å². The quantitative estimate of drug-likeness (QED) is 0.180. The predicted octanol–water partition coefficient (Wildman–Crippen LogP) is 15.6. The monoisotopic (exact) mass is 772 g/mol. The lowest BCUT2D eigenvalue weighted by Crippen LogP contribution is -1.93. The first-order chi connectivity index (χ1) is 29.2. The largest absolute Gasteiger partial charge is 0.679 e. The molecule has 59 heavy (non-hydrogen) atoms. The molecule has 276 valence electrons. The highest BCUT2D eigenvalue weighted by Crippen LogP contribution is 2.46. The minimum absolute atomic E-state index is 0.735. The Labute approximate surface area is 340 Å². The van der Waals surface area contributed by atoms with Crippen molar-refractivity contribution < 1.29 is 8.83 Å². The van der Waals surface area contributed by atoms with Gasteiger partial charge in [0.25, 0.3) is 0 Å². The Morgan fingerprint density at radius 2 is 1.03 bits per heavy atom. The summed E-state index contributed by atoms with van der Waals surface area (Å²) in [4.78, 5) is 1.24. The van der Waals surface area contributed by atoms with Crippen molar-refractivity contribution in [2.75, 3.05) is 6.54 Å². The van der Waals surface area contributed by atoms with Gasteiger partial charge in [-0.25, -0.2) is 0 Å². The molecule has 0 N–H and O–H groups in total. The van der Waals surface area contributed by atoms with Gasteiger partial charge < -0.3 is 23.3 Å². The third kappa shape index (κ3) is 4.33. The van der Waals surface area contributed by atoms with E-state index in [9.17, 15) is 0 Å². The van der Waals surface area contributed by atoms with Crippen molar-refractivity contribution >= 4 is 121 Å². The lowest BCUT2D eigenvalue weighted by atomic mass is 10.0. The van der Waals surface area contributed by atoms with Gasteiger partial charge in [-0.05, 0) is 108 Å². The first-order valence-electron chi connectivity index (χ1n) is 20.0. The number of rotatable bonds is 3. The molecule has 0 amide bonds. The number of aromatic nitrogens is 2. The number of benzene rings is 8. The second-order valence-corrected chi connectivity index (χ2v) is 16.7. The SMILES string of the molecule is C1=Cc2sc3ccc(-c4ccc5oc6ccc(-n7c8ccccc8c8c9oc%10ccc(-n%11c%12ccccc%12c%12ccccc%12%11)cc%10c9ccc87)cc6c5c4)cc3c2[N-]C1. The van der Waals surface area contributed by atoms with Gasteiger partial charge in [0.1, 0.15) is 22.3 Å². The van der Waals surface area contributed by atoms with E-state index < -0.39 is 0 Å². The van der Waals surface area contributed by atoms with Crippen molar-refractivity contribution in [1.82, 2.24) is 9.13 Å². The molecule has 0 saturated heterocycles. The zero-order valence-corrected chi connectivity index (χ0v) is 32.3. The molecule has 5 nitrogen and oxygen atoms in total. The van der Waals surface area contributed by atoms with Crippen LogP contribution in [0.15, 0.2) is 173 Å². The van der Waals surface area contributed by atoms with Crippen molar-refractivity contribution in [3.63, 3.8) is 0 Å². The summed E-state index contributed by atoms with van der Waals surface area (Å²) >= 11 is 1.81. The summed E-state index contributed by atoms with van der Waals surface area (Å²) in [6.45, 7) is 0.735. The Morgan fingerprint density at radius 1 is 0.458 bits per heavy atom. The number of nitrogens with zero attached hydrogens (tertiary/aromatic N) is 3. The molecule has 14 rings (SSSR count). The Balaban J connectivity index is 0.942. The summed E-state index contributed by atoms with van der Waals surface area (Å²) in [6.07, 6.45) is 4.33. The third-order valence-electron chi connectivity index (χ3n) is 12.5. The summed E-state index contributed by atoms with van der Waals surface area (Å²) in [5.41, 5.74) is 13.8. The molecule has 13 aromatic rings. The fourth-order valence-electron chi connectivity index (χ4n) is 9.84. The maximum atomic E-state index is 6.85. The van der Waals surface area contributed by atoms with Crippen LogP contribution >= 0.6 is 11.3 Å². The van der Waals surface area contributed by atoms with Crippen LogP contribution in [0.25, 0.3) is 131 Å². The first-order valence-corrected chi connectivity index (χ1v) is 20.8. The molecule has 0 atom stereocenters. The average molecular weight is 773 g/mol. The smallest absolute Gasteiger partial charge is 0.145 e. The van der Waals surface area contributed by atoms with Crippen molar-refractivity contribution in [1.29, 1.82) is 0 Å². The second kappa shape index (κ2) is 11.5. The van der Waals surface area contributed by atoms with Gasteiger partial charge in [-0.1, -0.05) is 72.8 Å². The number of hydrogen-bond acceptors (Lipinski definition) is 3. The minimum Gasteiger partial charge on any atom is -0.679 e. The third-order valence-corrected chi connectivity index (χ3v) is 13.6. The summed E-state index contributed by atoms with van der Waals surface area (Å²) in [6, 6.07) is 56.9. The fraction of sp³-hybridized carbons (Fsp3) is 0.0189. The minimum atomic E-state index is 0.735. The fourth-order valence-corrected chi connectivity index (χ4v) is 10.9. The molecule has 5 aromatic heterocycles. The molecule has 0 bridgehead atoms. The predicted molar refractivity (Wildman–Crippen MR) is 247 cm³/mol. The standard InChI is InChI=1S/C53H30N3O2S/c1-4-11-42-34(8-1)35-9-2-5-12-43(35)55(42)32-18-23-48-39(28-32)36-19-20-45-51(53(36)58-48)37-10-3-6-13-44(37)56(45)33-17-22-47-40(29-33)38-26-30(15-21-46(38)57-47)31-16-24-49-41(27-31)52-50(59-49)14-7-25-54-52/h1-24,26-29H,25H2/q-1. The van der Waals surface area contributed by atoms with Crippen molar-refractivity contribution in [2.24, 2.45) is 0 Å². The average Bonchev–Trinajstić information content (AvgIpc) is 4.10. The van der Waals surface area contributed by atoms with E-state index in [1.54, 1.807) is 0 Å². The summed E-state index contributed by atoms with van der Waals surface area (Å²) in [7, 11) is 0. The summed E-state index contributed by atoms with van der Waals surface area (Å²) in [5, 5.41) is 15.2. The molecular formula is C53H30N3O2S-. The van der Waals surface area contributed by atoms with Gasteiger partial charge in [-0.15, -0.1) is 29.6 Å². The molecule has 0 saturated carbocycles. The molecule has 0 radical (unpaired) electrons. The van der Waals surface area contributed by atoms with E-state index in [0.29, 0.717) is 0 Å². The van der Waals surface area contributed by atoms with Crippen LogP contribution in [0.3, 0.4) is 0 Å². The van der Waals surface area contributed by atoms with Gasteiger partial charge in [0.15, 0.2) is 0 Å². The van der Waals surface area contributed by atoms with Crippen LogP contribution < -0.4 is 0 Å². The molecule has 0 spiro atoms. The van der Waals surface area contributed by atoms with Crippen LogP contribution in [0, 0.1) is 0 Å². The number of para-hydroxylation sites is 3. The van der Waals surface area contributed by atoms with Gasteiger partial charge in [0.2, 0.25) is 0 Å². The normalized spacial score (nSPS) is 13.1. The van der Waals surface area contributed by atoms with Gasteiger partial charge in [0, 0.05) is 58.7 Å². The number of fused-ring (bicyclic) bond motifs is 16. The topological polar surface area (TPSA) is 50.2 Å². The molecule has 0 fully saturated rings. The van der Waals surface area contributed by atoms with E-state index >= 15 is 0 Å². The maximum absolute atomic E-state index is 6.85. The van der Waals surface area contributed by atoms with Crippen molar-refractivity contribution in [3.05, 3.63) is 174 Å². The van der Waals surface area contributed by atoms with Crippen LogP contribution in [-0.4, -0.2) is 15.7 Å². The van der Waals surface area contributed by atoms with Gasteiger partial charge >= 0.3 is 0 Å². The molecular weight excluding hydrogens is 743 g/mol. The summed E-state index contributed by atoms with van der Waals surface area (Å²) < 4.78 is 19.3. The summed E-state index contributed by atoms with van der Waals surface area (Å²) in [5.74, 6) is 0. The Bertz CT molecular complexity index is 3930. The van der Waals surface area contributed by atoms with Crippen LogP contribution in [0.1, 0.15) is 4.88 Å². The molecule has 1 aliphatic heterocycles. The molecule has 8 aromatic carbocycles. The van der Waals surface area contributed by atoms with E-state index in [0.717, 1.165) is 94.9 Å². The van der Waals surface area contributed by atoms with E-state index in [2.05, 4.69) is 179 Å². The van der Waals surface area contributed by atoms with E-state index in [4.69, 9.17) is 14.2 Å². The lowest BCUT2D eigenvalue weighted by Gasteiger charge is -2.23. The first kappa shape index (κ1) is 31.5. The zero-order chi connectivity index (χ0) is 38.3. The molecule has 0 aliphatic carbocycles. The molecule has 6 heterocycles. The highest BCUT2D eigenvalue weighted by molar-refractivity contribution is 7.20. The zero-order valence-electron chi connectivity index (χ0n) is 31.4. The number of hydrogen-bond donors (Lipinski definition) is 0. The van der Waals surface area contributed by atoms with E-state index in [1.165, 1.54) is 42.3 Å². The number of furan rings is 2. The highest BCUT2D eigenvalue weighted by Gasteiger charge is 2.21. The van der Waals surface area contributed by atoms with Crippen molar-refractivity contribution in [2.45, 2.75) is 0 Å². The molecule has 1 aliphatic rings. The maximum Gasteiger partial charge on any atom is 0.145 e. The van der Waals surface area contributed by atoms with Gasteiger partial charge in [0.05, 0.1) is 27.5 Å². The van der Waals surface area contributed by atoms with E-state index in [-0.39, 0.29) is 0 Å². The van der Waals surface area contributed by atoms with E-state index in [1.807, 2.05) is 11.3 Å². The van der Waals surface area contributed by atoms with Crippen LogP contribution in [0.2, 0.25) is 0 Å². The Hall–Kier alpha value is -7.54. The highest BCUT2D eigenvalue weighted by atomic mass is 32.1. The second-order valence-electron chi connectivity index (χ2n) is 15.6. The Kier molecular flexibility index (Phi) is 6.16. The van der Waals surface area contributed by atoms with Crippen LogP contribution in [0.4, 0.5) is 5.69 Å². The molecule has 0 unspecified atom stereocenters. The number of thiophene rings is 1. The Morgan fingerprint density at radius 3 is 1.78 bits per heavy atom.